The lowest BCUT2D eigenvalue weighted by Crippen LogP contribution is -2.70. The molecule has 2 saturated heterocycles. The van der Waals surface area contributed by atoms with E-state index in [1.165, 1.54) is 94.4 Å². The monoisotopic (exact) mass is 882 g/mol. The van der Waals surface area contributed by atoms with Crippen molar-refractivity contribution in [3.05, 3.63) is 57.7 Å². The summed E-state index contributed by atoms with van der Waals surface area (Å²) in [5.74, 6) is -1.37. The number of aromatic carboxylic acids is 1. The zero-order valence-electron chi connectivity index (χ0n) is 37.4. The molecule has 346 valence electrons. The lowest BCUT2D eigenvalue weighted by molar-refractivity contribution is -0.326. The van der Waals surface area contributed by atoms with Crippen LogP contribution in [-0.4, -0.2) is 106 Å². The van der Waals surface area contributed by atoms with Gasteiger partial charge in [-0.2, -0.15) is 0 Å². The predicted octanol–water partition coefficient (Wildman–Crippen LogP) is 7.32. The molecule has 0 radical (unpaired) electrons. The van der Waals surface area contributed by atoms with Gasteiger partial charge in [0.25, 0.3) is 0 Å². The lowest BCUT2D eigenvalue weighted by Gasteiger charge is -2.64. The molecule has 7 fully saturated rings. The van der Waals surface area contributed by atoms with Gasteiger partial charge in [-0.05, 0) is 177 Å². The highest BCUT2D eigenvalue weighted by molar-refractivity contribution is 6.08. The Balaban J connectivity index is 0.967. The van der Waals surface area contributed by atoms with Crippen molar-refractivity contribution in [2.24, 2.45) is 45.3 Å². The van der Waals surface area contributed by atoms with Crippen molar-refractivity contribution in [1.82, 2.24) is 0 Å². The topological polar surface area (TPSA) is 192 Å². The number of carboxylic acid groups (broad SMARTS) is 1. The van der Waals surface area contributed by atoms with Crippen LogP contribution in [0.3, 0.4) is 0 Å². The summed E-state index contributed by atoms with van der Waals surface area (Å²) in [6.45, 7) is 4.06. The smallest absolute Gasteiger partial charge is 0.335 e. The number of aliphatic hydroxyl groups excluding tert-OH is 4. The minimum absolute atomic E-state index is 0.0461. The Hall–Kier alpha value is -3.36. The number of phenols is 1. The number of hydrogen-bond donors (Lipinski definition) is 6. The number of aromatic hydroxyl groups is 1. The van der Waals surface area contributed by atoms with E-state index in [9.17, 15) is 40.2 Å². The highest BCUT2D eigenvalue weighted by Crippen LogP contribution is 2.76. The largest absolute Gasteiger partial charge is 0.506 e. The van der Waals surface area contributed by atoms with Gasteiger partial charge in [-0.3, -0.25) is 4.79 Å². The van der Waals surface area contributed by atoms with E-state index < -0.39 is 54.3 Å². The van der Waals surface area contributed by atoms with Crippen LogP contribution in [-0.2, 0) is 14.2 Å². The van der Waals surface area contributed by atoms with E-state index >= 15 is 0 Å². The van der Waals surface area contributed by atoms with Crippen molar-refractivity contribution in [3.8, 4) is 11.5 Å². The summed E-state index contributed by atoms with van der Waals surface area (Å²) in [6, 6.07) is 4.18. The number of rotatable bonds is 8. The van der Waals surface area contributed by atoms with E-state index in [4.69, 9.17) is 18.9 Å². The van der Waals surface area contributed by atoms with E-state index in [1.54, 1.807) is 13.0 Å². The Bertz CT molecular complexity index is 2320. The molecule has 0 amide bonds. The van der Waals surface area contributed by atoms with Gasteiger partial charge in [-0.25, -0.2) is 4.79 Å². The summed E-state index contributed by atoms with van der Waals surface area (Å²) in [5.41, 5.74) is 3.39. The van der Waals surface area contributed by atoms with Crippen LogP contribution in [0.15, 0.2) is 41.0 Å². The quantitative estimate of drug-likeness (QED) is 0.145. The minimum Gasteiger partial charge on any atom is -0.506 e. The number of benzene rings is 2. The van der Waals surface area contributed by atoms with Gasteiger partial charge in [-0.1, -0.05) is 31.4 Å². The van der Waals surface area contributed by atoms with Crippen LogP contribution in [0.2, 0.25) is 0 Å². The van der Waals surface area contributed by atoms with E-state index in [2.05, 4.69) is 6.08 Å². The Labute approximate surface area is 375 Å². The first-order valence-corrected chi connectivity index (χ1v) is 24.3. The van der Waals surface area contributed by atoms with Gasteiger partial charge in [0.05, 0.1) is 36.3 Å². The molecule has 2 aromatic rings. The zero-order valence-corrected chi connectivity index (χ0v) is 37.4. The van der Waals surface area contributed by atoms with Crippen molar-refractivity contribution in [1.29, 1.82) is 0 Å². The van der Waals surface area contributed by atoms with E-state index in [-0.39, 0.29) is 58.1 Å². The van der Waals surface area contributed by atoms with Gasteiger partial charge in [0, 0.05) is 18.6 Å². The third-order valence-electron chi connectivity index (χ3n) is 19.3. The number of fused-ring (bicyclic) bond motifs is 4. The van der Waals surface area contributed by atoms with Crippen LogP contribution >= 0.6 is 0 Å². The minimum atomic E-state index is -1.71. The second-order valence-electron chi connectivity index (χ2n) is 22.1. The van der Waals surface area contributed by atoms with Crippen molar-refractivity contribution in [2.45, 2.75) is 147 Å². The Morgan fingerprint density at radius 3 is 2.48 bits per heavy atom. The molecule has 6 N–H and O–H groups in total. The summed E-state index contributed by atoms with van der Waals surface area (Å²) >= 11 is 0. The molecule has 0 unspecified atom stereocenters. The van der Waals surface area contributed by atoms with Crippen LogP contribution < -0.4 is 4.74 Å². The Morgan fingerprint density at radius 1 is 0.953 bits per heavy atom. The van der Waals surface area contributed by atoms with Crippen molar-refractivity contribution >= 4 is 22.5 Å². The number of Topliss-reactive ketones (excluding diaryl/α,β-unsaturated/α-hetero) is 1. The molecule has 9 aliphatic rings. The maximum Gasteiger partial charge on any atom is 0.335 e. The number of carbonyl (C=O) groups excluding carboxylic acids is 1. The third-order valence-corrected chi connectivity index (χ3v) is 19.3. The van der Waals surface area contributed by atoms with E-state index in [1.807, 2.05) is 0 Å². The number of allylic oxidation sites excluding steroid dienone is 2. The second kappa shape index (κ2) is 15.3. The van der Waals surface area contributed by atoms with Gasteiger partial charge in [0.2, 0.25) is 6.29 Å². The lowest BCUT2D eigenvalue weighted by atomic mass is 9.42. The number of ketones is 1. The summed E-state index contributed by atoms with van der Waals surface area (Å²) < 4.78 is 26.5. The van der Waals surface area contributed by atoms with Crippen molar-refractivity contribution in [2.75, 3.05) is 33.0 Å². The first-order valence-electron chi connectivity index (χ1n) is 24.3. The molecule has 4 spiro atoms. The molecular weight excluding hydrogens is 817 g/mol. The summed E-state index contributed by atoms with van der Waals surface area (Å²) in [4.78, 5) is 25.0. The number of phenolic OH excluding ortho intramolecular Hbond substituents is 1. The maximum atomic E-state index is 12.7. The molecule has 64 heavy (non-hydrogen) atoms. The fourth-order valence-corrected chi connectivity index (χ4v) is 17.1. The highest BCUT2D eigenvalue weighted by atomic mass is 16.7. The predicted molar refractivity (Wildman–Crippen MR) is 235 cm³/mol. The van der Waals surface area contributed by atoms with Crippen LogP contribution in [0.5, 0.6) is 11.5 Å². The Kier molecular flexibility index (Phi) is 10.4. The van der Waals surface area contributed by atoms with Crippen LogP contribution in [0.25, 0.3) is 10.8 Å². The molecule has 0 aromatic heterocycles. The SMILES string of the molecule is CC(=O)c1c(C)cc2cc(C(=O)O)cc(O[C@@H]3O[C@H](CO)[C@]4(C[C@H]5C6=C(CC=C6[C@]6(CCCO)COC[C@H]7C[C@@]8(CC[C@]9(CCCC9%10CCCC%10)C8)C[C@@H]5[C@@H]76)CO4)[C@H](O)[C@H]3O)c2c1O. The average Bonchev–Trinajstić information content (AvgIpc) is 4.06. The van der Waals surface area contributed by atoms with Crippen LogP contribution in [0.1, 0.15) is 136 Å². The van der Waals surface area contributed by atoms with Crippen molar-refractivity contribution < 1.29 is 59.2 Å². The molecule has 6 aliphatic carbocycles. The molecule has 5 saturated carbocycles. The normalized spacial score (nSPS) is 40.6. The molecule has 12 atom stereocenters. The van der Waals surface area contributed by atoms with Gasteiger partial charge in [0.15, 0.2) is 5.78 Å². The van der Waals surface area contributed by atoms with Gasteiger partial charge in [0.1, 0.15) is 35.4 Å². The van der Waals surface area contributed by atoms with Gasteiger partial charge >= 0.3 is 5.97 Å². The fraction of sp³-hybridized carbons (Fsp3) is 0.692. The molecule has 2 aromatic carbocycles. The molecule has 0 bridgehead atoms. The second-order valence-corrected chi connectivity index (χ2v) is 22.1. The van der Waals surface area contributed by atoms with Crippen LogP contribution in [0, 0.1) is 52.3 Å². The Morgan fingerprint density at radius 2 is 1.73 bits per heavy atom. The van der Waals surface area contributed by atoms with E-state index in [0.717, 1.165) is 31.4 Å². The first-order chi connectivity index (χ1) is 30.7. The zero-order chi connectivity index (χ0) is 44.6. The third kappa shape index (κ3) is 6.04. The number of carbonyl (C=O) groups is 2. The number of hydrogen-bond acceptors (Lipinski definition) is 11. The van der Waals surface area contributed by atoms with Gasteiger partial charge < -0.3 is 49.6 Å². The number of aryl methyl sites for hydroxylation is 1. The summed E-state index contributed by atoms with van der Waals surface area (Å²) in [5, 5.41) is 68.3. The molecular formula is C52H66O12. The maximum absolute atomic E-state index is 12.7. The molecule has 11 rings (SSSR count). The standard InChI is InChI=1S/C52H66O12/c1-28-17-31-18-32(46(59)60)19-37(41(31)43(56)39(28)29(2)55)63-47-44(57)45(58)52(38(23-54)64-47)22-34-35-21-48(14-15-50(26-48)12-5-11-49(50)9-3-4-10-49)20-33-24-61-27-51(42(33)35,13-6-16-53)36-8-7-30(25-62-52)40(34)36/h8,17-19,33-35,38,42,44-45,47,53-54,56-58H,3-7,9-16,20-27H2,1-2H3,(H,59,60)/t33-,34-,35+,38-,42-,44-,45-,47-,48+,50-,51+,52-/m1/s1. The van der Waals surface area contributed by atoms with Crippen molar-refractivity contribution in [3.63, 3.8) is 0 Å². The number of ether oxygens (including phenoxy) is 4. The summed E-state index contributed by atoms with van der Waals surface area (Å²) in [6.07, 6.45) is 14.4. The van der Waals surface area contributed by atoms with Gasteiger partial charge in [-0.15, -0.1) is 0 Å². The average molecular weight is 883 g/mol. The summed E-state index contributed by atoms with van der Waals surface area (Å²) in [7, 11) is 0. The first kappa shape index (κ1) is 43.2. The van der Waals surface area contributed by atoms with E-state index in [0.29, 0.717) is 59.5 Å². The highest BCUT2D eigenvalue weighted by Gasteiger charge is 2.69. The molecule has 3 heterocycles. The van der Waals surface area contributed by atoms with Crippen LogP contribution in [0.4, 0.5) is 0 Å². The molecule has 12 heteroatoms. The molecule has 12 nitrogen and oxygen atoms in total. The molecule has 3 aliphatic heterocycles. The number of aliphatic hydroxyl groups is 4. The fourth-order valence-electron chi connectivity index (χ4n) is 17.1. The number of carboxylic acids is 1.